The Kier molecular flexibility index (Phi) is 9.06. The zero-order valence-corrected chi connectivity index (χ0v) is 23.5. The van der Waals surface area contributed by atoms with Crippen molar-refractivity contribution in [2.75, 3.05) is 18.9 Å². The Labute approximate surface area is 226 Å². The van der Waals surface area contributed by atoms with Crippen molar-refractivity contribution in [3.05, 3.63) is 36.7 Å². The molecule has 1 aliphatic rings. The van der Waals surface area contributed by atoms with Crippen molar-refractivity contribution in [1.29, 1.82) is 0 Å². The van der Waals surface area contributed by atoms with E-state index >= 15 is 0 Å². The van der Waals surface area contributed by atoms with Gasteiger partial charge in [0.1, 0.15) is 18.0 Å². The van der Waals surface area contributed by atoms with Crippen molar-refractivity contribution in [2.45, 2.75) is 65.5 Å². The van der Waals surface area contributed by atoms with Crippen LogP contribution in [0.3, 0.4) is 0 Å². The molecular weight excluding hydrogens is 527 g/mol. The molecule has 1 fully saturated rings. The number of para-hydroxylation sites is 1. The van der Waals surface area contributed by atoms with Crippen LogP contribution in [0.25, 0.3) is 11.2 Å². The Morgan fingerprint density at radius 3 is 2.69 bits per heavy atom. The molecule has 0 bridgehead atoms. The van der Waals surface area contributed by atoms with E-state index < -0.39 is 32.1 Å². The number of esters is 1. The van der Waals surface area contributed by atoms with Crippen LogP contribution in [-0.4, -0.2) is 57.0 Å². The van der Waals surface area contributed by atoms with Gasteiger partial charge in [0.2, 0.25) is 11.8 Å². The lowest BCUT2D eigenvalue weighted by Gasteiger charge is -2.24. The highest BCUT2D eigenvalue weighted by Crippen LogP contribution is 2.46. The second-order valence-corrected chi connectivity index (χ2v) is 11.2. The number of rotatable bonds is 12. The van der Waals surface area contributed by atoms with Gasteiger partial charge in [0.05, 0.1) is 31.7 Å². The zero-order valence-electron chi connectivity index (χ0n) is 22.6. The van der Waals surface area contributed by atoms with E-state index in [2.05, 4.69) is 20.0 Å². The monoisotopic (exact) mass is 562 g/mol. The molecule has 1 aromatic carbocycles. The van der Waals surface area contributed by atoms with Gasteiger partial charge in [-0.15, -0.1) is 0 Å². The van der Waals surface area contributed by atoms with Crippen molar-refractivity contribution in [3.8, 4) is 11.6 Å². The molecule has 0 spiro atoms. The molecule has 4 rings (SSSR count). The number of carbonyl (C=O) groups is 1. The van der Waals surface area contributed by atoms with Crippen molar-refractivity contribution < 1.29 is 32.6 Å². The van der Waals surface area contributed by atoms with Gasteiger partial charge in [-0.1, -0.05) is 25.1 Å². The van der Waals surface area contributed by atoms with E-state index in [4.69, 9.17) is 29.0 Å². The second-order valence-electron chi connectivity index (χ2n) is 9.54. The molecule has 5 atom stereocenters. The summed E-state index contributed by atoms with van der Waals surface area (Å²) in [6, 6.07) is 7.63. The van der Waals surface area contributed by atoms with Crippen LogP contribution in [-0.2, 0) is 23.4 Å². The molecule has 3 N–H and O–H groups in total. The molecule has 1 saturated heterocycles. The molecule has 0 amide bonds. The SMILES string of the molecule is CCOc1nc(N)nc2c1ncn2C1O[C@H](CO[P@](=O)(N[C@@H](C)C(=O)OC(C)C)Oc2ccccc2)C[C@@H]1C. The fourth-order valence-corrected chi connectivity index (χ4v) is 5.73. The molecule has 212 valence electrons. The summed E-state index contributed by atoms with van der Waals surface area (Å²) in [6.45, 7) is 9.21. The van der Waals surface area contributed by atoms with Crippen LogP contribution in [0, 0.1) is 5.92 Å². The lowest BCUT2D eigenvalue weighted by molar-refractivity contribution is -0.149. The van der Waals surface area contributed by atoms with Crippen LogP contribution in [0.1, 0.15) is 47.3 Å². The molecule has 1 unspecified atom stereocenters. The summed E-state index contributed by atoms with van der Waals surface area (Å²) in [4.78, 5) is 25.3. The molecule has 3 heterocycles. The maximum Gasteiger partial charge on any atom is 0.459 e. The summed E-state index contributed by atoms with van der Waals surface area (Å²) in [6.07, 6.45) is 1.01. The first-order valence-electron chi connectivity index (χ1n) is 12.8. The average molecular weight is 563 g/mol. The number of nitrogens with zero attached hydrogens (tertiary/aromatic N) is 4. The fraction of sp³-hybridized carbons (Fsp3) is 0.520. The van der Waals surface area contributed by atoms with Crippen molar-refractivity contribution in [3.63, 3.8) is 0 Å². The van der Waals surface area contributed by atoms with Gasteiger partial charge in [0.25, 0.3) is 0 Å². The summed E-state index contributed by atoms with van der Waals surface area (Å²) in [7, 11) is -4.01. The van der Waals surface area contributed by atoms with Gasteiger partial charge in [0, 0.05) is 5.92 Å². The number of anilines is 1. The zero-order chi connectivity index (χ0) is 28.2. The summed E-state index contributed by atoms with van der Waals surface area (Å²) < 4.78 is 44.1. The third-order valence-electron chi connectivity index (χ3n) is 5.87. The molecule has 0 radical (unpaired) electrons. The average Bonchev–Trinajstić information content (AvgIpc) is 3.46. The third-order valence-corrected chi connectivity index (χ3v) is 7.52. The number of fused-ring (bicyclic) bond motifs is 1. The Morgan fingerprint density at radius 2 is 2.00 bits per heavy atom. The number of imidazole rings is 1. The Hall–Kier alpha value is -3.25. The maximum atomic E-state index is 13.8. The van der Waals surface area contributed by atoms with E-state index in [-0.39, 0.29) is 24.6 Å². The number of ether oxygens (including phenoxy) is 3. The number of nitrogens with one attached hydrogen (secondary N) is 1. The van der Waals surface area contributed by atoms with E-state index in [1.165, 1.54) is 6.92 Å². The van der Waals surface area contributed by atoms with Crippen LogP contribution in [0.2, 0.25) is 0 Å². The van der Waals surface area contributed by atoms with Crippen LogP contribution >= 0.6 is 7.75 Å². The third kappa shape index (κ3) is 7.04. The van der Waals surface area contributed by atoms with E-state index in [0.717, 1.165) is 0 Å². The number of hydrogen-bond acceptors (Lipinski definition) is 11. The Morgan fingerprint density at radius 1 is 1.26 bits per heavy atom. The molecule has 0 saturated carbocycles. The molecule has 0 aliphatic carbocycles. The minimum absolute atomic E-state index is 0.0325. The smallest absolute Gasteiger partial charge is 0.459 e. The molecule has 3 aromatic rings. The number of nitrogen functional groups attached to an aromatic ring is 1. The lowest BCUT2D eigenvalue weighted by Crippen LogP contribution is -2.36. The number of nitrogens with two attached hydrogens (primary N) is 1. The number of benzene rings is 1. The van der Waals surface area contributed by atoms with Gasteiger partial charge in [0.15, 0.2) is 11.2 Å². The molecule has 2 aromatic heterocycles. The number of hydrogen-bond donors (Lipinski definition) is 2. The maximum absolute atomic E-state index is 13.8. The fourth-order valence-electron chi connectivity index (χ4n) is 4.21. The van der Waals surface area contributed by atoms with Crippen LogP contribution < -0.4 is 20.1 Å². The molecular formula is C25H35N6O7P. The quantitative estimate of drug-likeness (QED) is 0.242. The first-order chi connectivity index (χ1) is 18.6. The lowest BCUT2D eigenvalue weighted by atomic mass is 10.1. The summed E-state index contributed by atoms with van der Waals surface area (Å²) in [5.74, 6) is 0.150. The Bertz CT molecular complexity index is 1320. The van der Waals surface area contributed by atoms with E-state index in [0.29, 0.717) is 35.8 Å². The van der Waals surface area contributed by atoms with E-state index in [1.54, 1.807) is 55.1 Å². The highest BCUT2D eigenvalue weighted by molar-refractivity contribution is 7.52. The van der Waals surface area contributed by atoms with Crippen molar-refractivity contribution in [1.82, 2.24) is 24.6 Å². The minimum atomic E-state index is -4.01. The first-order valence-corrected chi connectivity index (χ1v) is 14.4. The Balaban J connectivity index is 1.48. The van der Waals surface area contributed by atoms with E-state index in [9.17, 15) is 9.36 Å². The van der Waals surface area contributed by atoms with Crippen LogP contribution in [0.5, 0.6) is 11.6 Å². The van der Waals surface area contributed by atoms with Gasteiger partial charge in [-0.05, 0) is 46.2 Å². The molecule has 13 nitrogen and oxygen atoms in total. The van der Waals surface area contributed by atoms with E-state index in [1.807, 2.05) is 13.8 Å². The number of aromatic nitrogens is 4. The van der Waals surface area contributed by atoms with Gasteiger partial charge in [-0.2, -0.15) is 15.1 Å². The van der Waals surface area contributed by atoms with Crippen molar-refractivity contribution >= 4 is 30.8 Å². The predicted molar refractivity (Wildman–Crippen MR) is 143 cm³/mol. The van der Waals surface area contributed by atoms with Gasteiger partial charge in [-0.3, -0.25) is 13.9 Å². The summed E-state index contributed by atoms with van der Waals surface area (Å²) in [5, 5.41) is 2.69. The summed E-state index contributed by atoms with van der Waals surface area (Å²) in [5.41, 5.74) is 6.87. The first kappa shape index (κ1) is 28.8. The van der Waals surface area contributed by atoms with Crippen LogP contribution in [0.15, 0.2) is 36.7 Å². The molecule has 1 aliphatic heterocycles. The van der Waals surface area contributed by atoms with Gasteiger partial charge >= 0.3 is 13.7 Å². The second kappa shape index (κ2) is 12.3. The predicted octanol–water partition coefficient (Wildman–Crippen LogP) is 3.86. The van der Waals surface area contributed by atoms with Crippen LogP contribution in [0.4, 0.5) is 5.95 Å². The number of carbonyl (C=O) groups excluding carboxylic acids is 1. The van der Waals surface area contributed by atoms with Gasteiger partial charge < -0.3 is 24.5 Å². The molecule has 39 heavy (non-hydrogen) atoms. The largest absolute Gasteiger partial charge is 0.476 e. The summed E-state index contributed by atoms with van der Waals surface area (Å²) >= 11 is 0. The standard InChI is InChI=1S/C25H35N6O7P/c1-6-34-22-20-21(28-25(26)29-22)31(14-27-20)23-16(4)12-19(37-23)13-35-39(33,38-18-10-8-7-9-11-18)30-17(5)24(32)36-15(2)3/h7-11,14-17,19,23H,6,12-13H2,1-5H3,(H,30,33)(H2,26,28,29)/t16-,17-,19-,23?,39+/m0/s1. The molecule has 14 heteroatoms. The van der Waals surface area contributed by atoms with Crippen molar-refractivity contribution in [2.24, 2.45) is 5.92 Å². The normalized spacial score (nSPS) is 21.5. The minimum Gasteiger partial charge on any atom is -0.476 e. The van der Waals surface area contributed by atoms with Gasteiger partial charge in [-0.25, -0.2) is 9.55 Å². The topological polar surface area (TPSA) is 162 Å². The highest BCUT2D eigenvalue weighted by Gasteiger charge is 2.38. The highest BCUT2D eigenvalue weighted by atomic mass is 31.2.